The Bertz CT molecular complexity index is 241. The molecule has 1 amide bonds. The van der Waals surface area contributed by atoms with Crippen LogP contribution in [0.1, 0.15) is 6.92 Å². The standard InChI is InChI=1S/C6H8BF3NO.K/c1-5(12)11-3-2-6(4-11)7(8,9)10;/h2H,3-4H2,1H3;/q-1;+1. The van der Waals surface area contributed by atoms with Gasteiger partial charge in [-0.05, 0) is 0 Å². The summed E-state index contributed by atoms with van der Waals surface area (Å²) in [6, 6.07) is 0. The van der Waals surface area contributed by atoms with Gasteiger partial charge in [0.25, 0.3) is 0 Å². The van der Waals surface area contributed by atoms with E-state index >= 15 is 0 Å². The molecule has 0 bridgehead atoms. The van der Waals surface area contributed by atoms with Crippen molar-refractivity contribution < 1.29 is 69.1 Å². The summed E-state index contributed by atoms with van der Waals surface area (Å²) >= 11 is 0. The average molecular weight is 217 g/mol. The van der Waals surface area contributed by atoms with Crippen LogP contribution in [-0.2, 0) is 4.79 Å². The van der Waals surface area contributed by atoms with Gasteiger partial charge in [-0.2, -0.15) is 0 Å². The number of hydrogen-bond acceptors (Lipinski definition) is 1. The molecule has 7 heteroatoms. The first-order valence-corrected chi connectivity index (χ1v) is 3.55. The molecule has 0 aromatic carbocycles. The monoisotopic (exact) mass is 217 g/mol. The number of hydrogen-bond donors (Lipinski definition) is 0. The zero-order valence-electron chi connectivity index (χ0n) is 7.56. The van der Waals surface area contributed by atoms with Gasteiger partial charge >= 0.3 is 58.4 Å². The van der Waals surface area contributed by atoms with Crippen LogP contribution in [-0.4, -0.2) is 30.9 Å². The number of rotatable bonds is 1. The number of carbonyl (C=O) groups excluding carboxylic acids is 1. The van der Waals surface area contributed by atoms with Gasteiger partial charge in [-0.3, -0.25) is 4.79 Å². The number of nitrogens with zero attached hydrogens (tertiary/aromatic N) is 1. The third-order valence-corrected chi connectivity index (χ3v) is 1.81. The first kappa shape index (κ1) is 13.7. The first-order valence-electron chi connectivity index (χ1n) is 3.55. The Hall–Kier alpha value is 0.701. The molecule has 2 nitrogen and oxygen atoms in total. The molecule has 0 atom stereocenters. The van der Waals surface area contributed by atoms with Gasteiger partial charge in [0.15, 0.2) is 0 Å². The summed E-state index contributed by atoms with van der Waals surface area (Å²) in [5.41, 5.74) is -0.565. The minimum absolute atomic E-state index is 0. The minimum atomic E-state index is -4.90. The predicted molar refractivity (Wildman–Crippen MR) is 39.4 cm³/mol. The Morgan fingerprint density at radius 3 is 2.31 bits per heavy atom. The largest absolute Gasteiger partial charge is 1.00 e. The van der Waals surface area contributed by atoms with Crippen LogP contribution in [0.4, 0.5) is 12.9 Å². The molecule has 0 saturated carbocycles. The molecule has 1 aliphatic rings. The zero-order valence-corrected chi connectivity index (χ0v) is 10.7. The summed E-state index contributed by atoms with van der Waals surface area (Å²) in [7, 11) is 0. The molecular weight excluding hydrogens is 209 g/mol. The minimum Gasteiger partial charge on any atom is -0.445 e. The quantitative estimate of drug-likeness (QED) is 0.473. The third-order valence-electron chi connectivity index (χ3n) is 1.81. The molecule has 0 unspecified atom stereocenters. The van der Waals surface area contributed by atoms with Gasteiger partial charge in [-0.1, -0.05) is 6.08 Å². The van der Waals surface area contributed by atoms with Crippen LogP contribution in [0.25, 0.3) is 0 Å². The molecule has 1 heterocycles. The van der Waals surface area contributed by atoms with Crippen LogP contribution < -0.4 is 51.4 Å². The molecule has 1 aliphatic heterocycles. The van der Waals surface area contributed by atoms with Crippen molar-refractivity contribution >= 4 is 12.9 Å². The maximum atomic E-state index is 12.1. The van der Waals surface area contributed by atoms with Crippen molar-refractivity contribution in [2.75, 3.05) is 13.1 Å². The predicted octanol–water partition coefficient (Wildman–Crippen LogP) is -1.83. The van der Waals surface area contributed by atoms with Crippen molar-refractivity contribution in [3.8, 4) is 0 Å². The van der Waals surface area contributed by atoms with Crippen LogP contribution in [0.2, 0.25) is 0 Å². The van der Waals surface area contributed by atoms with E-state index in [2.05, 4.69) is 0 Å². The van der Waals surface area contributed by atoms with E-state index in [4.69, 9.17) is 0 Å². The molecule has 0 aromatic rings. The summed E-state index contributed by atoms with van der Waals surface area (Å²) in [4.78, 5) is 11.8. The summed E-state index contributed by atoms with van der Waals surface area (Å²) in [5, 5.41) is 0. The Kier molecular flexibility index (Phi) is 5.24. The van der Waals surface area contributed by atoms with Crippen molar-refractivity contribution in [1.29, 1.82) is 0 Å². The fourth-order valence-electron chi connectivity index (χ4n) is 1.05. The van der Waals surface area contributed by atoms with Crippen LogP contribution in [0, 0.1) is 0 Å². The first-order chi connectivity index (χ1) is 5.41. The maximum Gasteiger partial charge on any atom is 1.00 e. The van der Waals surface area contributed by atoms with Crippen molar-refractivity contribution in [3.05, 3.63) is 11.5 Å². The van der Waals surface area contributed by atoms with Crippen LogP contribution >= 0.6 is 0 Å². The molecule has 0 N–H and O–H groups in total. The molecule has 0 radical (unpaired) electrons. The second-order valence-corrected chi connectivity index (χ2v) is 2.75. The van der Waals surface area contributed by atoms with Crippen LogP contribution in [0.5, 0.6) is 0 Å². The van der Waals surface area contributed by atoms with E-state index in [9.17, 15) is 17.7 Å². The van der Waals surface area contributed by atoms with Gasteiger partial charge in [0, 0.05) is 20.0 Å². The van der Waals surface area contributed by atoms with Gasteiger partial charge in [0.2, 0.25) is 5.91 Å². The average Bonchev–Trinajstić information content (AvgIpc) is 2.30. The van der Waals surface area contributed by atoms with Gasteiger partial charge in [-0.25, -0.2) is 0 Å². The molecule has 1 rings (SSSR count). The van der Waals surface area contributed by atoms with E-state index in [0.29, 0.717) is 0 Å². The van der Waals surface area contributed by atoms with Gasteiger partial charge < -0.3 is 17.8 Å². The van der Waals surface area contributed by atoms with Crippen LogP contribution in [0.15, 0.2) is 11.5 Å². The number of carbonyl (C=O) groups is 1. The summed E-state index contributed by atoms with van der Waals surface area (Å²) < 4.78 is 36.2. The Balaban J connectivity index is 0.00000144. The van der Waals surface area contributed by atoms with Gasteiger partial charge in [0.05, 0.1) is 0 Å². The summed E-state index contributed by atoms with van der Waals surface area (Å²) in [5.74, 6) is -0.318. The molecule has 0 spiro atoms. The van der Waals surface area contributed by atoms with Crippen molar-refractivity contribution in [2.24, 2.45) is 0 Å². The molecule has 0 aromatic heterocycles. The van der Waals surface area contributed by atoms with E-state index in [-0.39, 0.29) is 70.4 Å². The Labute approximate surface area is 117 Å². The van der Waals surface area contributed by atoms with Crippen molar-refractivity contribution in [1.82, 2.24) is 4.90 Å². The normalized spacial score (nSPS) is 16.6. The maximum absolute atomic E-state index is 12.1. The fourth-order valence-corrected chi connectivity index (χ4v) is 1.05. The molecule has 0 saturated heterocycles. The smallest absolute Gasteiger partial charge is 0.445 e. The zero-order chi connectivity index (χ0) is 9.35. The SMILES string of the molecule is CC(=O)N1CC=C([B-](F)(F)F)C1.[K+]. The van der Waals surface area contributed by atoms with E-state index < -0.39 is 12.4 Å². The fraction of sp³-hybridized carbons (Fsp3) is 0.500. The molecule has 0 fully saturated rings. The van der Waals surface area contributed by atoms with E-state index in [1.54, 1.807) is 0 Å². The second-order valence-electron chi connectivity index (χ2n) is 2.75. The van der Waals surface area contributed by atoms with Crippen LogP contribution in [0.3, 0.4) is 0 Å². The van der Waals surface area contributed by atoms with E-state index in [1.165, 1.54) is 6.92 Å². The van der Waals surface area contributed by atoms with Gasteiger partial charge in [-0.15, -0.1) is 5.47 Å². The Morgan fingerprint density at radius 1 is 1.54 bits per heavy atom. The molecule has 13 heavy (non-hydrogen) atoms. The van der Waals surface area contributed by atoms with Gasteiger partial charge in [0.1, 0.15) is 0 Å². The third kappa shape index (κ3) is 3.75. The van der Waals surface area contributed by atoms with Crippen molar-refractivity contribution in [3.63, 3.8) is 0 Å². The molecule has 68 valence electrons. The number of halogens is 3. The van der Waals surface area contributed by atoms with E-state index in [0.717, 1.165) is 11.0 Å². The Morgan fingerprint density at radius 2 is 2.08 bits per heavy atom. The summed E-state index contributed by atoms with van der Waals surface area (Å²) in [6.45, 7) is -3.82. The summed E-state index contributed by atoms with van der Waals surface area (Å²) in [6.07, 6.45) is 1.07. The van der Waals surface area contributed by atoms with E-state index in [1.807, 2.05) is 0 Å². The second kappa shape index (κ2) is 4.97. The topological polar surface area (TPSA) is 20.3 Å². The number of amides is 1. The molecular formula is C6H8BF3KNO. The van der Waals surface area contributed by atoms with Crippen molar-refractivity contribution in [2.45, 2.75) is 6.92 Å². The molecule has 0 aliphatic carbocycles.